The summed E-state index contributed by atoms with van der Waals surface area (Å²) in [4.78, 5) is 25.9. The van der Waals surface area contributed by atoms with E-state index in [2.05, 4.69) is 13.8 Å². The Hall–Kier alpha value is -0.350. The highest BCUT2D eigenvalue weighted by Crippen LogP contribution is 2.66. The number of Topliss-reactive ketones (excluding diaryl/α,β-unsaturated/α-hetero) is 1. The Kier molecular flexibility index (Phi) is 4.39. The minimum absolute atomic E-state index is 0.0658. The molecule has 0 bridgehead atoms. The minimum atomic E-state index is -0.173. The Morgan fingerprint density at radius 3 is 2.60 bits per heavy atom. The molecule has 0 saturated heterocycles. The Bertz CT molecular complexity index is 590. The molecule has 140 valence electrons. The molecule has 0 aromatic heterocycles. The largest absolute Gasteiger partial charge is 0.393 e. The number of fused-ring (bicyclic) bond motifs is 5. The Morgan fingerprint density at radius 2 is 1.88 bits per heavy atom. The first kappa shape index (κ1) is 18.0. The molecule has 8 atom stereocenters. The zero-order chi connectivity index (χ0) is 18.0. The monoisotopic (exact) mass is 364 g/mol. The molecule has 0 aromatic rings. The van der Waals surface area contributed by atoms with Crippen molar-refractivity contribution in [3.8, 4) is 0 Å². The summed E-state index contributed by atoms with van der Waals surface area (Å²) >= 11 is 1.35. The molecule has 0 amide bonds. The first-order valence-corrected chi connectivity index (χ1v) is 11.3. The highest BCUT2D eigenvalue weighted by molar-refractivity contribution is 8.13. The van der Waals surface area contributed by atoms with Gasteiger partial charge in [0.2, 0.25) is 0 Å². The van der Waals surface area contributed by atoms with Crippen LogP contribution in [0.25, 0.3) is 0 Å². The predicted octanol–water partition coefficient (Wildman–Crippen LogP) is 4.07. The highest BCUT2D eigenvalue weighted by Gasteiger charge is 2.63. The van der Waals surface area contributed by atoms with Crippen LogP contribution >= 0.6 is 11.8 Å². The lowest BCUT2D eigenvalue weighted by Crippen LogP contribution is -2.58. The molecule has 1 N–H and O–H groups in total. The van der Waals surface area contributed by atoms with Gasteiger partial charge in [-0.2, -0.15) is 0 Å². The molecule has 25 heavy (non-hydrogen) atoms. The van der Waals surface area contributed by atoms with Gasteiger partial charge in [0.1, 0.15) is 5.78 Å². The summed E-state index contributed by atoms with van der Waals surface area (Å²) in [6, 6.07) is 0. The molecular weight excluding hydrogens is 332 g/mol. The van der Waals surface area contributed by atoms with Gasteiger partial charge in [0, 0.05) is 18.3 Å². The molecule has 4 heteroatoms. The quantitative estimate of drug-likeness (QED) is 0.762. The third kappa shape index (κ3) is 2.50. The Morgan fingerprint density at radius 1 is 1.12 bits per heavy atom. The lowest BCUT2D eigenvalue weighted by molar-refractivity contribution is -0.161. The standard InChI is InChI=1S/C21H32O3S/c1-20-9-8-13(22)10-12(20)4-5-14-15-6-7-16(19(24)25-3)21(15,2)11-17(23)18(14)20/h12-16,18,22H,4-11H2,1-3H3/t12-,13+,14-,15-,16+,18+,20-,21-/m0/s1. The summed E-state index contributed by atoms with van der Waals surface area (Å²) in [5.74, 6) is 2.14. The van der Waals surface area contributed by atoms with E-state index >= 15 is 0 Å². The number of aliphatic hydroxyl groups is 1. The van der Waals surface area contributed by atoms with Crippen LogP contribution < -0.4 is 0 Å². The van der Waals surface area contributed by atoms with Gasteiger partial charge >= 0.3 is 0 Å². The zero-order valence-corrected chi connectivity index (χ0v) is 16.6. The summed E-state index contributed by atoms with van der Waals surface area (Å²) < 4.78 is 0. The number of carbonyl (C=O) groups is 2. The van der Waals surface area contributed by atoms with Crippen LogP contribution in [0.2, 0.25) is 0 Å². The molecule has 0 unspecified atom stereocenters. The van der Waals surface area contributed by atoms with E-state index in [1.807, 2.05) is 6.26 Å². The maximum Gasteiger partial charge on any atom is 0.192 e. The molecule has 4 aliphatic carbocycles. The van der Waals surface area contributed by atoms with Crippen LogP contribution in [-0.4, -0.2) is 28.4 Å². The third-order valence-electron chi connectivity index (χ3n) is 8.81. The Labute approximate surface area is 155 Å². The molecular formula is C21H32O3S. The topological polar surface area (TPSA) is 54.4 Å². The molecule has 0 heterocycles. The first-order chi connectivity index (χ1) is 11.8. The van der Waals surface area contributed by atoms with Crippen molar-refractivity contribution in [3.05, 3.63) is 0 Å². The first-order valence-electron chi connectivity index (χ1n) is 10.1. The average Bonchev–Trinajstić information content (AvgIpc) is 2.91. The molecule has 4 aliphatic rings. The molecule has 0 spiro atoms. The molecule has 0 radical (unpaired) electrons. The lowest BCUT2D eigenvalue weighted by Gasteiger charge is -2.59. The van der Waals surface area contributed by atoms with E-state index < -0.39 is 0 Å². The maximum atomic E-state index is 13.4. The fourth-order valence-electron chi connectivity index (χ4n) is 7.58. The van der Waals surface area contributed by atoms with Gasteiger partial charge in [-0.1, -0.05) is 25.6 Å². The summed E-state index contributed by atoms with van der Waals surface area (Å²) in [5, 5.41) is 10.4. The average molecular weight is 365 g/mol. The summed E-state index contributed by atoms with van der Waals surface area (Å²) in [5.41, 5.74) is -0.0438. The van der Waals surface area contributed by atoms with E-state index in [9.17, 15) is 14.7 Å². The SMILES string of the molecule is CSC(=O)[C@H]1CC[C@H]2[C@@H]3CC[C@H]4C[C@H](O)CC[C@]4(C)[C@H]3C(=O)C[C@]12C. The molecule has 0 aromatic carbocycles. The van der Waals surface area contributed by atoms with Crippen molar-refractivity contribution in [2.75, 3.05) is 6.26 Å². The second kappa shape index (κ2) is 6.09. The normalized spacial score (nSPS) is 52.2. The van der Waals surface area contributed by atoms with Gasteiger partial charge in [0.05, 0.1) is 6.10 Å². The fourth-order valence-corrected chi connectivity index (χ4v) is 8.25. The van der Waals surface area contributed by atoms with Crippen molar-refractivity contribution in [2.45, 2.75) is 71.3 Å². The van der Waals surface area contributed by atoms with Crippen LogP contribution in [-0.2, 0) is 9.59 Å². The van der Waals surface area contributed by atoms with Crippen LogP contribution in [0.1, 0.15) is 65.2 Å². The molecule has 4 saturated carbocycles. The number of hydrogen-bond donors (Lipinski definition) is 1. The van der Waals surface area contributed by atoms with Crippen molar-refractivity contribution in [1.82, 2.24) is 0 Å². The number of thioether (sulfide) groups is 1. The third-order valence-corrected chi connectivity index (χ3v) is 9.49. The van der Waals surface area contributed by atoms with E-state index in [1.54, 1.807) is 0 Å². The van der Waals surface area contributed by atoms with Crippen LogP contribution in [0.4, 0.5) is 0 Å². The van der Waals surface area contributed by atoms with Crippen molar-refractivity contribution < 1.29 is 14.7 Å². The van der Waals surface area contributed by atoms with Crippen LogP contribution in [0.15, 0.2) is 0 Å². The van der Waals surface area contributed by atoms with Gasteiger partial charge in [-0.25, -0.2) is 0 Å². The van der Waals surface area contributed by atoms with E-state index in [1.165, 1.54) is 11.8 Å². The predicted molar refractivity (Wildman–Crippen MR) is 100 cm³/mol. The van der Waals surface area contributed by atoms with Gasteiger partial charge in [-0.15, -0.1) is 0 Å². The summed E-state index contributed by atoms with van der Waals surface area (Å²) in [6.45, 7) is 4.57. The fraction of sp³-hybridized carbons (Fsp3) is 0.905. The van der Waals surface area contributed by atoms with Crippen LogP contribution in [0.5, 0.6) is 0 Å². The molecule has 0 aliphatic heterocycles. The number of ketones is 1. The number of carbonyl (C=O) groups excluding carboxylic acids is 2. The van der Waals surface area contributed by atoms with Crippen molar-refractivity contribution in [3.63, 3.8) is 0 Å². The smallest absolute Gasteiger partial charge is 0.192 e. The number of rotatable bonds is 1. The van der Waals surface area contributed by atoms with E-state index in [-0.39, 0.29) is 33.9 Å². The van der Waals surface area contributed by atoms with Gasteiger partial charge in [-0.05, 0) is 79.8 Å². The molecule has 3 nitrogen and oxygen atoms in total. The van der Waals surface area contributed by atoms with Gasteiger partial charge in [0.15, 0.2) is 5.12 Å². The van der Waals surface area contributed by atoms with Gasteiger partial charge in [-0.3, -0.25) is 9.59 Å². The van der Waals surface area contributed by atoms with Crippen molar-refractivity contribution >= 4 is 22.7 Å². The number of aliphatic hydroxyl groups excluding tert-OH is 1. The summed E-state index contributed by atoms with van der Waals surface area (Å²) in [7, 11) is 0. The van der Waals surface area contributed by atoms with Crippen molar-refractivity contribution in [1.29, 1.82) is 0 Å². The second-order valence-corrected chi connectivity index (χ2v) is 10.6. The lowest BCUT2D eigenvalue weighted by atomic mass is 9.44. The van der Waals surface area contributed by atoms with Gasteiger partial charge in [0.25, 0.3) is 0 Å². The van der Waals surface area contributed by atoms with Crippen molar-refractivity contribution in [2.24, 2.45) is 40.4 Å². The minimum Gasteiger partial charge on any atom is -0.393 e. The van der Waals surface area contributed by atoms with Gasteiger partial charge < -0.3 is 5.11 Å². The summed E-state index contributed by atoms with van der Waals surface area (Å²) in [6.07, 6.45) is 9.37. The molecule has 4 rings (SSSR count). The maximum absolute atomic E-state index is 13.4. The van der Waals surface area contributed by atoms with E-state index in [0.717, 1.165) is 44.9 Å². The molecule has 4 fully saturated rings. The second-order valence-electron chi connectivity index (χ2n) is 9.76. The van der Waals surface area contributed by atoms with Crippen LogP contribution in [0.3, 0.4) is 0 Å². The highest BCUT2D eigenvalue weighted by atomic mass is 32.2. The van der Waals surface area contributed by atoms with E-state index in [0.29, 0.717) is 30.0 Å². The zero-order valence-electron chi connectivity index (χ0n) is 15.8. The van der Waals surface area contributed by atoms with E-state index in [4.69, 9.17) is 0 Å². The number of hydrogen-bond acceptors (Lipinski definition) is 4. The Balaban J connectivity index is 1.66. The van der Waals surface area contributed by atoms with Crippen LogP contribution in [0, 0.1) is 40.4 Å².